The summed E-state index contributed by atoms with van der Waals surface area (Å²) in [5.74, 6) is 1.31. The van der Waals surface area contributed by atoms with Gasteiger partial charge in [0.15, 0.2) is 0 Å². The van der Waals surface area contributed by atoms with Crippen LogP contribution in [0.15, 0.2) is 0 Å². The van der Waals surface area contributed by atoms with E-state index in [-0.39, 0.29) is 12.1 Å². The van der Waals surface area contributed by atoms with E-state index in [1.54, 1.807) is 0 Å². The van der Waals surface area contributed by atoms with Gasteiger partial charge in [-0.25, -0.2) is 15.4 Å². The van der Waals surface area contributed by atoms with E-state index in [0.29, 0.717) is 28.2 Å². The van der Waals surface area contributed by atoms with Gasteiger partial charge in [0.05, 0.1) is 0 Å². The zero-order valence-corrected chi connectivity index (χ0v) is 7.42. The highest BCUT2D eigenvalue weighted by Gasteiger charge is 2.55. The molecule has 0 aromatic heterocycles. The van der Waals surface area contributed by atoms with Crippen molar-refractivity contribution >= 4 is 0 Å². The van der Waals surface area contributed by atoms with Crippen molar-refractivity contribution in [3.63, 3.8) is 0 Å². The molecule has 0 radical (unpaired) electrons. The molecule has 3 rings (SSSR count). The average Bonchev–Trinajstić information content (AvgIpc) is 2.64. The molecule has 3 aliphatic rings. The second-order valence-electron chi connectivity index (χ2n) is 4.51. The molecule has 3 fully saturated rings. The van der Waals surface area contributed by atoms with Crippen LogP contribution in [0.5, 0.6) is 0 Å². The minimum atomic E-state index is -0.203. The molecule has 5 nitrogen and oxygen atoms in total. The van der Waals surface area contributed by atoms with E-state index in [9.17, 15) is 10.4 Å². The molecule has 5 atom stereocenters. The Morgan fingerprint density at radius 3 is 2.62 bits per heavy atom. The number of nitrogens with zero attached hydrogens (tertiary/aromatic N) is 2. The zero-order chi connectivity index (χ0) is 9.16. The second-order valence-corrected chi connectivity index (χ2v) is 4.51. The fourth-order valence-electron chi connectivity index (χ4n) is 3.38. The first-order valence-electron chi connectivity index (χ1n) is 4.79. The lowest BCUT2D eigenvalue weighted by molar-refractivity contribution is -0.241. The predicted molar refractivity (Wildman–Crippen MR) is 44.5 cm³/mol. The van der Waals surface area contributed by atoms with E-state index < -0.39 is 0 Å². The molecule has 1 heterocycles. The van der Waals surface area contributed by atoms with Crippen LogP contribution >= 0.6 is 0 Å². The van der Waals surface area contributed by atoms with Gasteiger partial charge in [-0.15, -0.1) is 0 Å². The number of hydrogen-bond acceptors (Lipinski definition) is 5. The molecule has 0 spiro atoms. The van der Waals surface area contributed by atoms with Gasteiger partial charge in [0.2, 0.25) is 0 Å². The molecular formula is C8H12N2O3-2. The van der Waals surface area contributed by atoms with Crippen molar-refractivity contribution in [2.45, 2.75) is 31.8 Å². The first-order chi connectivity index (χ1) is 6.18. The summed E-state index contributed by atoms with van der Waals surface area (Å²) in [6, 6.07) is -0.398. The van der Waals surface area contributed by atoms with E-state index >= 15 is 0 Å². The molecule has 0 amide bonds. The first-order valence-corrected chi connectivity index (χ1v) is 4.79. The molecule has 5 unspecified atom stereocenters. The van der Waals surface area contributed by atoms with Crippen LogP contribution in [0.25, 0.3) is 0 Å². The Kier molecular flexibility index (Phi) is 1.52. The van der Waals surface area contributed by atoms with Crippen molar-refractivity contribution in [2.24, 2.45) is 17.8 Å². The van der Waals surface area contributed by atoms with Crippen LogP contribution in [0.1, 0.15) is 19.8 Å². The lowest BCUT2D eigenvalue weighted by Crippen LogP contribution is -2.41. The van der Waals surface area contributed by atoms with E-state index in [1.807, 2.05) is 0 Å². The summed E-state index contributed by atoms with van der Waals surface area (Å²) in [5.41, 5.74) is 0. The number of hydroxylamine groups is 4. The average molecular weight is 184 g/mol. The van der Waals surface area contributed by atoms with Crippen molar-refractivity contribution in [3.05, 3.63) is 10.4 Å². The molecule has 0 aromatic carbocycles. The van der Waals surface area contributed by atoms with Crippen LogP contribution in [0.2, 0.25) is 0 Å². The molecule has 0 aromatic rings. The predicted octanol–water partition coefficient (Wildman–Crippen LogP) is 0.859. The lowest BCUT2D eigenvalue weighted by atomic mass is 9.84. The number of hydrogen-bond donors (Lipinski definition) is 0. The van der Waals surface area contributed by atoms with E-state index in [0.717, 1.165) is 12.8 Å². The van der Waals surface area contributed by atoms with Crippen LogP contribution < -0.4 is 0 Å². The molecule has 13 heavy (non-hydrogen) atoms. The monoisotopic (exact) mass is 184 g/mol. The fourth-order valence-corrected chi connectivity index (χ4v) is 3.38. The molecule has 2 saturated carbocycles. The molecule has 74 valence electrons. The Bertz CT molecular complexity index is 237. The highest BCUT2D eigenvalue weighted by molar-refractivity contribution is 5.08. The highest BCUT2D eigenvalue weighted by Crippen LogP contribution is 2.53. The van der Waals surface area contributed by atoms with Crippen molar-refractivity contribution in [2.75, 3.05) is 0 Å². The van der Waals surface area contributed by atoms with Gasteiger partial charge in [0.25, 0.3) is 0 Å². The molecule has 2 aliphatic carbocycles. The smallest absolute Gasteiger partial charge is 0.0440 e. The van der Waals surface area contributed by atoms with E-state index in [2.05, 4.69) is 11.9 Å². The summed E-state index contributed by atoms with van der Waals surface area (Å²) in [4.78, 5) is 4.51. The molecule has 0 N–H and O–H groups in total. The molecule has 5 heteroatoms. The fraction of sp³-hybridized carbons (Fsp3) is 1.00. The molecule has 2 bridgehead atoms. The summed E-state index contributed by atoms with van der Waals surface area (Å²) in [5, 5.41) is 23.5. The summed E-state index contributed by atoms with van der Waals surface area (Å²) >= 11 is 0. The van der Waals surface area contributed by atoms with Gasteiger partial charge in [0, 0.05) is 12.1 Å². The minimum absolute atomic E-state index is 0.196. The minimum Gasteiger partial charge on any atom is -0.760 e. The zero-order valence-electron chi connectivity index (χ0n) is 7.42. The van der Waals surface area contributed by atoms with Gasteiger partial charge >= 0.3 is 0 Å². The summed E-state index contributed by atoms with van der Waals surface area (Å²) in [6.07, 6.45) is 2.10. The Balaban J connectivity index is 1.92. The van der Waals surface area contributed by atoms with Gasteiger partial charge in [-0.3, -0.25) is 0 Å². The summed E-state index contributed by atoms with van der Waals surface area (Å²) in [7, 11) is 0. The van der Waals surface area contributed by atoms with Crippen molar-refractivity contribution < 1.29 is 4.94 Å². The normalized spacial score (nSPS) is 56.1. The van der Waals surface area contributed by atoms with Crippen LogP contribution in [-0.2, 0) is 4.94 Å². The largest absolute Gasteiger partial charge is 0.760 e. The van der Waals surface area contributed by atoms with Crippen LogP contribution in [-0.4, -0.2) is 22.5 Å². The SMILES string of the molecule is CC1CC2CC1C1C2N([O-])ON1[O-]. The quantitative estimate of drug-likeness (QED) is 0.558. The maximum atomic E-state index is 11.3. The first kappa shape index (κ1) is 8.14. The van der Waals surface area contributed by atoms with Gasteiger partial charge in [0.1, 0.15) is 0 Å². The van der Waals surface area contributed by atoms with Crippen molar-refractivity contribution in [1.82, 2.24) is 10.5 Å². The number of rotatable bonds is 0. The summed E-state index contributed by atoms with van der Waals surface area (Å²) < 4.78 is 0. The molecule has 1 aliphatic heterocycles. The molecular weight excluding hydrogens is 172 g/mol. The Morgan fingerprint density at radius 1 is 1.15 bits per heavy atom. The van der Waals surface area contributed by atoms with Crippen LogP contribution in [0, 0.1) is 28.2 Å². The second kappa shape index (κ2) is 2.43. The Hall–Kier alpha value is -0.200. The van der Waals surface area contributed by atoms with Gasteiger partial charge in [-0.2, -0.15) is 0 Å². The van der Waals surface area contributed by atoms with Crippen LogP contribution in [0.3, 0.4) is 0 Å². The summed E-state index contributed by atoms with van der Waals surface area (Å²) in [6.45, 7) is 2.15. The lowest BCUT2D eigenvalue weighted by Gasteiger charge is -2.35. The maximum absolute atomic E-state index is 11.3. The molecule has 1 saturated heterocycles. The third kappa shape index (κ3) is 0.884. The third-order valence-electron chi connectivity index (χ3n) is 3.90. The standard InChI is InChI=1S/C8H12N2O3/c1-4-2-5-3-6(4)8-7(5)9(11)13-10(8)12/h4-8H,2-3H2,1H3/q-2. The van der Waals surface area contributed by atoms with E-state index in [4.69, 9.17) is 0 Å². The highest BCUT2D eigenvalue weighted by atomic mass is 17.1. The maximum Gasteiger partial charge on any atom is 0.0440 e. The van der Waals surface area contributed by atoms with Gasteiger partial charge in [-0.05, 0) is 30.6 Å². The number of fused-ring (bicyclic) bond motifs is 5. The van der Waals surface area contributed by atoms with Crippen molar-refractivity contribution in [3.8, 4) is 0 Å². The topological polar surface area (TPSA) is 61.8 Å². The van der Waals surface area contributed by atoms with Gasteiger partial charge in [-0.1, -0.05) is 6.92 Å². The van der Waals surface area contributed by atoms with Gasteiger partial charge < -0.3 is 10.4 Å². The Labute approximate surface area is 76.3 Å². The van der Waals surface area contributed by atoms with E-state index in [1.165, 1.54) is 0 Å². The third-order valence-corrected chi connectivity index (χ3v) is 3.90. The Morgan fingerprint density at radius 2 is 1.85 bits per heavy atom. The van der Waals surface area contributed by atoms with Crippen molar-refractivity contribution in [1.29, 1.82) is 0 Å². The van der Waals surface area contributed by atoms with Crippen LogP contribution in [0.4, 0.5) is 0 Å².